The van der Waals surface area contributed by atoms with Gasteiger partial charge in [-0.05, 0) is 38.5 Å². The Morgan fingerprint density at radius 3 is 0.806 bits per heavy atom. The molecule has 7 heteroatoms. The molecule has 3 N–H and O–H groups in total. The normalized spacial score (nSPS) is 11.8. The first kappa shape index (κ1) is 36.7. The fraction of sp³-hybridized carbons (Fsp3) is 0.625. The zero-order chi connectivity index (χ0) is 24.4. The average Bonchev–Trinajstić information content (AvgIpc) is 2.42. The molecule has 178 valence electrons. The van der Waals surface area contributed by atoms with E-state index in [2.05, 4.69) is 0 Å². The number of hydrogen-bond donors (Lipinski definition) is 3. The van der Waals surface area contributed by atoms with Crippen LogP contribution >= 0.6 is 0 Å². The van der Waals surface area contributed by atoms with Gasteiger partial charge in [0.05, 0.1) is 17.3 Å². The fourth-order valence-corrected chi connectivity index (χ4v) is 2.14. The van der Waals surface area contributed by atoms with Gasteiger partial charge in [0.15, 0.2) is 17.3 Å². The van der Waals surface area contributed by atoms with Crippen molar-refractivity contribution in [2.24, 2.45) is 17.8 Å². The summed E-state index contributed by atoms with van der Waals surface area (Å²) in [6.45, 7) is 16.2. The third kappa shape index (κ3) is 39.4. The first-order valence-corrected chi connectivity index (χ1v) is 10.3. The van der Waals surface area contributed by atoms with Crippen LogP contribution in [0.3, 0.4) is 0 Å². The molecule has 31 heavy (non-hydrogen) atoms. The topological polar surface area (TPSA) is 112 Å². The second kappa shape index (κ2) is 21.6. The van der Waals surface area contributed by atoms with Gasteiger partial charge in [0, 0.05) is 59.2 Å². The van der Waals surface area contributed by atoms with Gasteiger partial charge in [-0.1, -0.05) is 41.5 Å². The number of rotatable bonds is 9. The second-order valence-corrected chi connectivity index (χ2v) is 8.53. The molecule has 0 saturated carbocycles. The van der Waals surface area contributed by atoms with Gasteiger partial charge in [-0.2, -0.15) is 0 Å². The van der Waals surface area contributed by atoms with Crippen molar-refractivity contribution in [1.29, 1.82) is 0 Å². The van der Waals surface area contributed by atoms with Crippen LogP contribution in [0, 0.1) is 17.8 Å². The van der Waals surface area contributed by atoms with E-state index in [-0.39, 0.29) is 56.3 Å². The smallest absolute Gasteiger partial charge is 0.155 e. The summed E-state index contributed by atoms with van der Waals surface area (Å²) in [5.74, 6) is 1.45. The van der Waals surface area contributed by atoms with Crippen molar-refractivity contribution in [1.82, 2.24) is 0 Å². The standard InChI is InChI=1S/3C8H14O2.Ti/c3*1-6(2)4-8(10)5-7(3)9;/h3*5-6,10H,4H2,1-3H3;. The van der Waals surface area contributed by atoms with Gasteiger partial charge in [-0.25, -0.2) is 0 Å². The number of ketones is 3. The Bertz CT molecular complexity index is 528. The number of aliphatic hydroxyl groups excluding tert-OH is 3. The number of allylic oxidation sites excluding steroid dienone is 6. The van der Waals surface area contributed by atoms with Crippen LogP contribution < -0.4 is 0 Å². The summed E-state index contributed by atoms with van der Waals surface area (Å²) in [4.78, 5) is 31.2. The molecule has 6 nitrogen and oxygen atoms in total. The Morgan fingerprint density at radius 1 is 0.548 bits per heavy atom. The summed E-state index contributed by atoms with van der Waals surface area (Å²) in [5, 5.41) is 27.1. The molecule has 0 amide bonds. The van der Waals surface area contributed by atoms with Crippen molar-refractivity contribution >= 4 is 17.3 Å². The molecule has 0 saturated heterocycles. The summed E-state index contributed by atoms with van der Waals surface area (Å²) in [5.41, 5.74) is 0. The van der Waals surface area contributed by atoms with E-state index in [0.29, 0.717) is 37.0 Å². The van der Waals surface area contributed by atoms with E-state index in [0.717, 1.165) is 0 Å². The first-order chi connectivity index (χ1) is 13.6. The van der Waals surface area contributed by atoms with Crippen LogP contribution in [0.5, 0.6) is 0 Å². The summed E-state index contributed by atoms with van der Waals surface area (Å²) in [7, 11) is 0. The Morgan fingerprint density at radius 2 is 0.710 bits per heavy atom. The largest absolute Gasteiger partial charge is 0.512 e. The van der Waals surface area contributed by atoms with E-state index >= 15 is 0 Å². The van der Waals surface area contributed by atoms with Crippen molar-refractivity contribution in [2.45, 2.75) is 81.6 Å². The van der Waals surface area contributed by atoms with Crippen molar-refractivity contribution in [2.75, 3.05) is 0 Å². The molecular formula is C24H42O6Ti. The SMILES string of the molecule is CC(=O)C=C(O)CC(C)C.CC(=O)C=C(O)CC(C)C.CC(=O)C=C(O)CC(C)C.[Ti]. The van der Waals surface area contributed by atoms with Gasteiger partial charge < -0.3 is 15.3 Å². The molecule has 0 rings (SSSR count). The molecule has 0 spiro atoms. The van der Waals surface area contributed by atoms with Gasteiger partial charge in [0.2, 0.25) is 0 Å². The predicted octanol–water partition coefficient (Wildman–Crippen LogP) is 6.19. The molecular weight excluding hydrogens is 432 g/mol. The minimum absolute atomic E-state index is 0. The molecule has 0 aliphatic rings. The van der Waals surface area contributed by atoms with Crippen LogP contribution in [0.4, 0.5) is 0 Å². The summed E-state index contributed by atoms with van der Waals surface area (Å²) in [6, 6.07) is 0. The number of carbonyl (C=O) groups excluding carboxylic acids is 3. The molecule has 0 aliphatic carbocycles. The number of carbonyl (C=O) groups is 3. The molecule has 0 fully saturated rings. The first-order valence-electron chi connectivity index (χ1n) is 10.3. The van der Waals surface area contributed by atoms with Crippen molar-refractivity contribution in [3.8, 4) is 0 Å². The van der Waals surface area contributed by atoms with E-state index in [1.807, 2.05) is 41.5 Å². The van der Waals surface area contributed by atoms with Gasteiger partial charge >= 0.3 is 0 Å². The van der Waals surface area contributed by atoms with Gasteiger partial charge in [-0.3, -0.25) is 14.4 Å². The fourth-order valence-electron chi connectivity index (χ4n) is 2.14. The Kier molecular flexibility index (Phi) is 25.5. The maximum absolute atomic E-state index is 10.4. The maximum Gasteiger partial charge on any atom is 0.155 e. The van der Waals surface area contributed by atoms with E-state index in [1.54, 1.807) is 0 Å². The number of hydrogen-bond acceptors (Lipinski definition) is 6. The Balaban J connectivity index is -0.000000174. The molecule has 0 aromatic carbocycles. The summed E-state index contributed by atoms with van der Waals surface area (Å²) >= 11 is 0. The Labute approximate surface area is 203 Å². The zero-order valence-corrected chi connectivity index (χ0v) is 22.2. The average molecular weight is 474 g/mol. The van der Waals surface area contributed by atoms with Crippen molar-refractivity contribution in [3.05, 3.63) is 35.5 Å². The van der Waals surface area contributed by atoms with E-state index in [1.165, 1.54) is 39.0 Å². The molecule has 0 aliphatic heterocycles. The van der Waals surface area contributed by atoms with Gasteiger partial charge in [0.25, 0.3) is 0 Å². The minimum Gasteiger partial charge on any atom is -0.512 e. The second-order valence-electron chi connectivity index (χ2n) is 8.53. The van der Waals surface area contributed by atoms with Crippen LogP contribution in [0.2, 0.25) is 0 Å². The van der Waals surface area contributed by atoms with E-state index < -0.39 is 0 Å². The maximum atomic E-state index is 10.4. The summed E-state index contributed by atoms with van der Waals surface area (Å²) in [6.07, 6.45) is 5.54. The van der Waals surface area contributed by atoms with Gasteiger partial charge in [-0.15, -0.1) is 0 Å². The molecule has 0 unspecified atom stereocenters. The molecule has 0 aromatic heterocycles. The van der Waals surface area contributed by atoms with Crippen molar-refractivity contribution < 1.29 is 51.4 Å². The molecule has 0 aromatic rings. The predicted molar refractivity (Wildman–Crippen MR) is 123 cm³/mol. The summed E-state index contributed by atoms with van der Waals surface area (Å²) < 4.78 is 0. The Hall–Kier alpha value is -1.66. The van der Waals surface area contributed by atoms with Crippen LogP contribution in [0.15, 0.2) is 35.5 Å². The molecule has 0 heterocycles. The van der Waals surface area contributed by atoms with Crippen LogP contribution in [-0.2, 0) is 36.1 Å². The van der Waals surface area contributed by atoms with Crippen LogP contribution in [0.25, 0.3) is 0 Å². The third-order valence-corrected chi connectivity index (χ3v) is 2.96. The van der Waals surface area contributed by atoms with E-state index in [4.69, 9.17) is 15.3 Å². The van der Waals surface area contributed by atoms with E-state index in [9.17, 15) is 14.4 Å². The van der Waals surface area contributed by atoms with Crippen LogP contribution in [0.1, 0.15) is 81.6 Å². The molecule has 0 bridgehead atoms. The minimum atomic E-state index is -0.0989. The van der Waals surface area contributed by atoms with Gasteiger partial charge in [0.1, 0.15) is 0 Å². The molecule has 0 radical (unpaired) electrons. The van der Waals surface area contributed by atoms with Crippen molar-refractivity contribution in [3.63, 3.8) is 0 Å². The molecule has 0 atom stereocenters. The van der Waals surface area contributed by atoms with Crippen LogP contribution in [-0.4, -0.2) is 32.7 Å². The zero-order valence-electron chi connectivity index (χ0n) is 20.7. The monoisotopic (exact) mass is 474 g/mol. The third-order valence-electron chi connectivity index (χ3n) is 2.96. The quantitative estimate of drug-likeness (QED) is 0.209. The number of aliphatic hydroxyl groups is 3.